The topological polar surface area (TPSA) is 37.9 Å². The Morgan fingerprint density at radius 2 is 1.96 bits per heavy atom. The zero-order valence-electron chi connectivity index (χ0n) is 12.9. The molecule has 2 aromatic carbocycles. The summed E-state index contributed by atoms with van der Waals surface area (Å²) in [6.45, 7) is 4.21. The van der Waals surface area contributed by atoms with Gasteiger partial charge in [0.25, 0.3) is 0 Å². The molecule has 1 aromatic heterocycles. The molecule has 0 spiro atoms. The van der Waals surface area contributed by atoms with Gasteiger partial charge >= 0.3 is 0 Å². The lowest BCUT2D eigenvalue weighted by Crippen LogP contribution is -2.32. The molecule has 0 radical (unpaired) electrons. The maximum Gasteiger partial charge on any atom is 0.142 e. The summed E-state index contributed by atoms with van der Waals surface area (Å²) < 4.78 is 6.23. The average molecular weight is 347 g/mol. The van der Waals surface area contributed by atoms with Gasteiger partial charge in [-0.25, -0.2) is 4.98 Å². The molecule has 0 saturated heterocycles. The lowest BCUT2D eigenvalue weighted by molar-refractivity contribution is 0.0854. The second-order valence-electron chi connectivity index (χ2n) is 6.55. The van der Waals surface area contributed by atoms with Crippen LogP contribution in [0.1, 0.15) is 25.8 Å². The van der Waals surface area contributed by atoms with Gasteiger partial charge in [-0.3, -0.25) is 0 Å². The van der Waals surface area contributed by atoms with Gasteiger partial charge < -0.3 is 9.72 Å². The van der Waals surface area contributed by atoms with Gasteiger partial charge in [0.2, 0.25) is 0 Å². The molecule has 2 heterocycles. The smallest absolute Gasteiger partial charge is 0.142 e. The van der Waals surface area contributed by atoms with Gasteiger partial charge in [-0.15, -0.1) is 0 Å². The largest absolute Gasteiger partial charge is 0.487 e. The molecule has 0 saturated carbocycles. The van der Waals surface area contributed by atoms with E-state index in [0.717, 1.165) is 46.6 Å². The van der Waals surface area contributed by atoms with Crippen molar-refractivity contribution >= 4 is 34.2 Å². The van der Waals surface area contributed by atoms with Crippen LogP contribution in [0.15, 0.2) is 30.3 Å². The number of ether oxygens (including phenoxy) is 1. The highest BCUT2D eigenvalue weighted by Crippen LogP contribution is 2.42. The maximum atomic E-state index is 6.31. The van der Waals surface area contributed by atoms with E-state index in [9.17, 15) is 0 Å². The number of imidazole rings is 1. The van der Waals surface area contributed by atoms with Crippen LogP contribution in [0, 0.1) is 0 Å². The van der Waals surface area contributed by atoms with Crippen LogP contribution >= 0.6 is 23.2 Å². The SMILES string of the molecule is CC1(C)CCc2cc(Cl)cc(-c3nc4cc(Cl)ccc4[nH]3)c2O1. The third-order valence-electron chi connectivity index (χ3n) is 4.21. The van der Waals surface area contributed by atoms with Gasteiger partial charge in [0.05, 0.1) is 16.6 Å². The summed E-state index contributed by atoms with van der Waals surface area (Å²) in [5, 5.41) is 1.36. The number of hydrogen-bond donors (Lipinski definition) is 1. The number of nitrogens with one attached hydrogen (secondary N) is 1. The fraction of sp³-hybridized carbons (Fsp3) is 0.278. The monoisotopic (exact) mass is 346 g/mol. The first-order valence-electron chi connectivity index (χ1n) is 7.58. The molecule has 4 rings (SSSR count). The van der Waals surface area contributed by atoms with E-state index in [-0.39, 0.29) is 5.60 Å². The minimum absolute atomic E-state index is 0.190. The fourth-order valence-corrected chi connectivity index (χ4v) is 3.41. The second kappa shape index (κ2) is 5.15. The first-order chi connectivity index (χ1) is 10.9. The molecule has 118 valence electrons. The van der Waals surface area contributed by atoms with Gasteiger partial charge in [0.1, 0.15) is 17.2 Å². The number of aromatic amines is 1. The van der Waals surface area contributed by atoms with Crippen LogP contribution in [0.5, 0.6) is 5.75 Å². The molecule has 0 bridgehead atoms. The Morgan fingerprint density at radius 3 is 2.78 bits per heavy atom. The van der Waals surface area contributed by atoms with E-state index < -0.39 is 0 Å². The lowest BCUT2D eigenvalue weighted by atomic mass is 9.92. The molecule has 0 fully saturated rings. The van der Waals surface area contributed by atoms with Crippen LogP contribution in [-0.4, -0.2) is 15.6 Å². The summed E-state index contributed by atoms with van der Waals surface area (Å²) in [5.41, 5.74) is 3.60. The molecule has 1 N–H and O–H groups in total. The highest BCUT2D eigenvalue weighted by molar-refractivity contribution is 6.31. The second-order valence-corrected chi connectivity index (χ2v) is 7.42. The van der Waals surface area contributed by atoms with Crippen molar-refractivity contribution in [1.29, 1.82) is 0 Å². The number of benzene rings is 2. The van der Waals surface area contributed by atoms with Crippen LogP contribution in [0.25, 0.3) is 22.4 Å². The average Bonchev–Trinajstić information content (AvgIpc) is 2.89. The molecule has 5 heteroatoms. The van der Waals surface area contributed by atoms with Gasteiger partial charge in [-0.2, -0.15) is 0 Å². The maximum absolute atomic E-state index is 6.31. The van der Waals surface area contributed by atoms with E-state index in [2.05, 4.69) is 23.8 Å². The number of fused-ring (bicyclic) bond motifs is 2. The van der Waals surface area contributed by atoms with Crippen molar-refractivity contribution in [1.82, 2.24) is 9.97 Å². The number of H-pyrrole nitrogens is 1. The van der Waals surface area contributed by atoms with Crippen LogP contribution in [0.4, 0.5) is 0 Å². The van der Waals surface area contributed by atoms with E-state index in [4.69, 9.17) is 27.9 Å². The Morgan fingerprint density at radius 1 is 1.13 bits per heavy atom. The van der Waals surface area contributed by atoms with Crippen LogP contribution in [0.2, 0.25) is 10.0 Å². The third kappa shape index (κ3) is 2.68. The molecule has 3 nitrogen and oxygen atoms in total. The van der Waals surface area contributed by atoms with E-state index in [1.165, 1.54) is 0 Å². The molecule has 0 amide bonds. The zero-order chi connectivity index (χ0) is 16.2. The first-order valence-corrected chi connectivity index (χ1v) is 8.34. The van der Waals surface area contributed by atoms with Gasteiger partial charge in [-0.05, 0) is 62.6 Å². The quantitative estimate of drug-likeness (QED) is 0.618. The van der Waals surface area contributed by atoms with E-state index >= 15 is 0 Å². The Labute approximate surface area is 144 Å². The summed E-state index contributed by atoms with van der Waals surface area (Å²) in [7, 11) is 0. The molecule has 1 aliphatic heterocycles. The molecule has 23 heavy (non-hydrogen) atoms. The zero-order valence-corrected chi connectivity index (χ0v) is 14.4. The van der Waals surface area contributed by atoms with Crippen molar-refractivity contribution in [3.05, 3.63) is 45.9 Å². The molecule has 0 aliphatic carbocycles. The Hall–Kier alpha value is -1.71. The molecule has 0 unspecified atom stereocenters. The standard InChI is InChI=1S/C18H16Cl2N2O/c1-18(2)6-5-10-7-12(20)8-13(16(10)23-18)17-21-14-4-3-11(19)9-15(14)22-17/h3-4,7-9H,5-6H2,1-2H3,(H,21,22). The Balaban J connectivity index is 1.92. The number of aryl methyl sites for hydroxylation is 1. The number of aromatic nitrogens is 2. The van der Waals surface area contributed by atoms with Gasteiger partial charge in [-0.1, -0.05) is 23.2 Å². The summed E-state index contributed by atoms with van der Waals surface area (Å²) in [4.78, 5) is 8.00. The number of rotatable bonds is 1. The number of hydrogen-bond acceptors (Lipinski definition) is 2. The molecule has 0 atom stereocenters. The Bertz CT molecular complexity index is 915. The van der Waals surface area contributed by atoms with Crippen molar-refractivity contribution in [3.8, 4) is 17.1 Å². The summed E-state index contributed by atoms with van der Waals surface area (Å²) in [6, 6.07) is 9.50. The number of halogens is 2. The summed E-state index contributed by atoms with van der Waals surface area (Å²) >= 11 is 12.4. The molecular formula is C18H16Cl2N2O. The van der Waals surface area contributed by atoms with E-state index in [1.54, 1.807) is 0 Å². The van der Waals surface area contributed by atoms with Crippen molar-refractivity contribution in [2.45, 2.75) is 32.3 Å². The predicted octanol–water partition coefficient (Wildman–Crippen LogP) is 5.64. The van der Waals surface area contributed by atoms with Gasteiger partial charge in [0, 0.05) is 10.0 Å². The van der Waals surface area contributed by atoms with Crippen LogP contribution < -0.4 is 4.74 Å². The van der Waals surface area contributed by atoms with Crippen molar-refractivity contribution in [3.63, 3.8) is 0 Å². The van der Waals surface area contributed by atoms with Crippen molar-refractivity contribution < 1.29 is 4.74 Å². The summed E-state index contributed by atoms with van der Waals surface area (Å²) in [6.07, 6.45) is 1.91. The first kappa shape index (κ1) is 14.9. The van der Waals surface area contributed by atoms with Crippen LogP contribution in [-0.2, 0) is 6.42 Å². The molecule has 3 aromatic rings. The third-order valence-corrected chi connectivity index (χ3v) is 4.66. The Kier molecular flexibility index (Phi) is 3.33. The number of nitrogens with zero attached hydrogens (tertiary/aromatic N) is 1. The molecular weight excluding hydrogens is 331 g/mol. The van der Waals surface area contributed by atoms with Crippen molar-refractivity contribution in [2.24, 2.45) is 0 Å². The van der Waals surface area contributed by atoms with Gasteiger partial charge in [0.15, 0.2) is 0 Å². The van der Waals surface area contributed by atoms with E-state index in [1.807, 2.05) is 30.3 Å². The minimum Gasteiger partial charge on any atom is -0.487 e. The normalized spacial score (nSPS) is 16.2. The molecule has 1 aliphatic rings. The van der Waals surface area contributed by atoms with Crippen molar-refractivity contribution in [2.75, 3.05) is 0 Å². The van der Waals surface area contributed by atoms with E-state index in [0.29, 0.717) is 10.0 Å². The lowest BCUT2D eigenvalue weighted by Gasteiger charge is -2.33. The highest BCUT2D eigenvalue weighted by atomic mass is 35.5. The predicted molar refractivity (Wildman–Crippen MR) is 94.6 cm³/mol. The summed E-state index contributed by atoms with van der Waals surface area (Å²) in [5.74, 6) is 1.62. The highest BCUT2D eigenvalue weighted by Gasteiger charge is 2.29. The minimum atomic E-state index is -0.190. The van der Waals surface area contributed by atoms with Crippen LogP contribution in [0.3, 0.4) is 0 Å². The fourth-order valence-electron chi connectivity index (χ4n) is 3.00.